The number of halogens is 2. The van der Waals surface area contributed by atoms with Crippen LogP contribution in [-0.4, -0.2) is 15.0 Å². The van der Waals surface area contributed by atoms with Crippen molar-refractivity contribution in [1.29, 1.82) is 0 Å². The van der Waals surface area contributed by atoms with E-state index in [9.17, 15) is 4.79 Å². The third-order valence-corrected chi connectivity index (χ3v) is 3.18. The highest BCUT2D eigenvalue weighted by molar-refractivity contribution is 6.31. The number of hydrogen-bond donors (Lipinski definition) is 0. The normalized spacial score (nSPS) is 10.8. The first-order valence-corrected chi connectivity index (χ1v) is 6.22. The van der Waals surface area contributed by atoms with Crippen molar-refractivity contribution in [2.75, 3.05) is 0 Å². The van der Waals surface area contributed by atoms with Crippen LogP contribution in [0.1, 0.15) is 0 Å². The molecule has 6 heteroatoms. The zero-order chi connectivity index (χ0) is 13.4. The fourth-order valence-electron chi connectivity index (χ4n) is 1.77. The third kappa shape index (κ3) is 2.20. The number of rotatable bonds is 1. The van der Waals surface area contributed by atoms with Gasteiger partial charge in [0.05, 0.1) is 11.1 Å². The Morgan fingerprint density at radius 2 is 1.63 bits per heavy atom. The van der Waals surface area contributed by atoms with Crippen molar-refractivity contribution in [2.45, 2.75) is 0 Å². The third-order valence-electron chi connectivity index (χ3n) is 2.69. The molecule has 0 aliphatic carbocycles. The Morgan fingerprint density at radius 3 is 2.37 bits per heavy atom. The van der Waals surface area contributed by atoms with E-state index in [4.69, 9.17) is 23.2 Å². The average Bonchev–Trinajstić information content (AvgIpc) is 2.41. The lowest BCUT2D eigenvalue weighted by molar-refractivity contribution is 0.738. The Bertz CT molecular complexity index is 812. The van der Waals surface area contributed by atoms with Gasteiger partial charge < -0.3 is 0 Å². The topological polar surface area (TPSA) is 47.8 Å². The van der Waals surface area contributed by atoms with Gasteiger partial charge in [-0.15, -0.1) is 5.10 Å². The van der Waals surface area contributed by atoms with Crippen molar-refractivity contribution in [3.05, 3.63) is 62.9 Å². The molecule has 0 aliphatic rings. The summed E-state index contributed by atoms with van der Waals surface area (Å²) in [4.78, 5) is 12.3. The monoisotopic (exact) mass is 291 g/mol. The highest BCUT2D eigenvalue weighted by Gasteiger charge is 2.07. The van der Waals surface area contributed by atoms with Gasteiger partial charge in [-0.2, -0.15) is 4.68 Å². The van der Waals surface area contributed by atoms with Crippen LogP contribution in [0.3, 0.4) is 0 Å². The molecule has 2 aromatic carbocycles. The van der Waals surface area contributed by atoms with Gasteiger partial charge in [-0.05, 0) is 42.5 Å². The van der Waals surface area contributed by atoms with E-state index in [0.717, 1.165) is 0 Å². The van der Waals surface area contributed by atoms with Gasteiger partial charge in [0, 0.05) is 10.0 Å². The number of aromatic nitrogens is 3. The highest BCUT2D eigenvalue weighted by atomic mass is 35.5. The summed E-state index contributed by atoms with van der Waals surface area (Å²) in [5.41, 5.74) is 0.846. The number of benzene rings is 2. The second-order valence-corrected chi connectivity index (χ2v) is 4.82. The smallest absolute Gasteiger partial charge is 0.267 e. The maximum Gasteiger partial charge on any atom is 0.282 e. The van der Waals surface area contributed by atoms with Crippen LogP contribution in [0.2, 0.25) is 10.0 Å². The SMILES string of the molecule is O=c1c2cc(Cl)ccc2nnn1-c1ccc(Cl)cc1. The molecule has 3 aromatic rings. The zero-order valence-electron chi connectivity index (χ0n) is 9.55. The van der Waals surface area contributed by atoms with Crippen molar-refractivity contribution in [3.63, 3.8) is 0 Å². The molecule has 0 radical (unpaired) electrons. The van der Waals surface area contributed by atoms with Gasteiger partial charge >= 0.3 is 0 Å². The Balaban J connectivity index is 2.28. The zero-order valence-corrected chi connectivity index (χ0v) is 11.1. The fourth-order valence-corrected chi connectivity index (χ4v) is 2.06. The van der Waals surface area contributed by atoms with Crippen LogP contribution < -0.4 is 5.56 Å². The molecule has 0 unspecified atom stereocenters. The molecule has 0 spiro atoms. The first kappa shape index (κ1) is 12.1. The lowest BCUT2D eigenvalue weighted by Crippen LogP contribution is -2.22. The summed E-state index contributed by atoms with van der Waals surface area (Å²) < 4.78 is 1.22. The van der Waals surface area contributed by atoms with Crippen LogP contribution in [0, 0.1) is 0 Å². The predicted molar refractivity (Wildman–Crippen MR) is 75.2 cm³/mol. The summed E-state index contributed by atoms with van der Waals surface area (Å²) in [6.45, 7) is 0. The van der Waals surface area contributed by atoms with E-state index >= 15 is 0 Å². The molecule has 0 amide bonds. The Labute approximate surface area is 118 Å². The van der Waals surface area contributed by atoms with Crippen LogP contribution in [0.5, 0.6) is 0 Å². The maximum atomic E-state index is 12.3. The maximum absolute atomic E-state index is 12.3. The number of hydrogen-bond acceptors (Lipinski definition) is 3. The van der Waals surface area contributed by atoms with E-state index in [1.165, 1.54) is 4.68 Å². The minimum atomic E-state index is -0.269. The van der Waals surface area contributed by atoms with Gasteiger partial charge in [0.1, 0.15) is 5.52 Å². The van der Waals surface area contributed by atoms with Crippen molar-refractivity contribution in [3.8, 4) is 5.69 Å². The van der Waals surface area contributed by atoms with E-state index in [1.807, 2.05) is 0 Å². The van der Waals surface area contributed by atoms with Gasteiger partial charge in [-0.25, -0.2) is 0 Å². The minimum Gasteiger partial charge on any atom is -0.267 e. The van der Waals surface area contributed by atoms with Crippen molar-refractivity contribution >= 4 is 34.1 Å². The number of fused-ring (bicyclic) bond motifs is 1. The molecule has 0 atom stereocenters. The van der Waals surface area contributed by atoms with E-state index < -0.39 is 0 Å². The van der Waals surface area contributed by atoms with Gasteiger partial charge in [0.15, 0.2) is 0 Å². The van der Waals surface area contributed by atoms with Gasteiger partial charge in [0.25, 0.3) is 5.56 Å². The van der Waals surface area contributed by atoms with Gasteiger partial charge in [-0.1, -0.05) is 28.4 Å². The molecule has 3 rings (SSSR count). The average molecular weight is 292 g/mol. The Kier molecular flexibility index (Phi) is 2.97. The minimum absolute atomic E-state index is 0.269. The first-order valence-electron chi connectivity index (χ1n) is 5.46. The second-order valence-electron chi connectivity index (χ2n) is 3.94. The van der Waals surface area contributed by atoms with Crippen LogP contribution in [-0.2, 0) is 0 Å². The van der Waals surface area contributed by atoms with Crippen LogP contribution in [0.15, 0.2) is 47.3 Å². The summed E-state index contributed by atoms with van der Waals surface area (Å²) in [5, 5.41) is 9.41. The predicted octanol–water partition coefficient (Wildman–Crippen LogP) is 3.09. The molecule has 4 nitrogen and oxygen atoms in total. The molecule has 1 heterocycles. The van der Waals surface area contributed by atoms with Crippen LogP contribution in [0.4, 0.5) is 0 Å². The first-order chi connectivity index (χ1) is 9.15. The Morgan fingerprint density at radius 1 is 0.947 bits per heavy atom. The lowest BCUT2D eigenvalue weighted by atomic mass is 10.2. The summed E-state index contributed by atoms with van der Waals surface area (Å²) >= 11 is 11.7. The molecule has 19 heavy (non-hydrogen) atoms. The van der Waals surface area contributed by atoms with E-state index in [-0.39, 0.29) is 5.56 Å². The van der Waals surface area contributed by atoms with E-state index in [1.54, 1.807) is 42.5 Å². The molecule has 0 bridgehead atoms. The summed E-state index contributed by atoms with van der Waals surface area (Å²) in [5.74, 6) is 0. The second kappa shape index (κ2) is 4.64. The van der Waals surface area contributed by atoms with Crippen LogP contribution in [0.25, 0.3) is 16.6 Å². The Hall–Kier alpha value is -1.91. The van der Waals surface area contributed by atoms with E-state index in [2.05, 4.69) is 10.3 Å². The van der Waals surface area contributed by atoms with Crippen LogP contribution >= 0.6 is 23.2 Å². The van der Waals surface area contributed by atoms with Crippen molar-refractivity contribution < 1.29 is 0 Å². The standard InChI is InChI=1S/C13H7Cl2N3O/c14-8-1-4-10(5-2-8)18-13(19)11-7-9(15)3-6-12(11)16-17-18/h1-7H. The molecule has 0 aliphatic heterocycles. The number of nitrogens with zero attached hydrogens (tertiary/aromatic N) is 3. The highest BCUT2D eigenvalue weighted by Crippen LogP contribution is 2.15. The van der Waals surface area contributed by atoms with Crippen molar-refractivity contribution in [2.24, 2.45) is 0 Å². The molecule has 0 saturated carbocycles. The summed E-state index contributed by atoms with van der Waals surface area (Å²) in [7, 11) is 0. The fraction of sp³-hybridized carbons (Fsp3) is 0. The molecule has 94 valence electrons. The largest absolute Gasteiger partial charge is 0.282 e. The lowest BCUT2D eigenvalue weighted by Gasteiger charge is -2.04. The molecular weight excluding hydrogens is 285 g/mol. The van der Waals surface area contributed by atoms with Gasteiger partial charge in [-0.3, -0.25) is 4.79 Å². The molecular formula is C13H7Cl2N3O. The molecule has 0 N–H and O–H groups in total. The van der Waals surface area contributed by atoms with Crippen molar-refractivity contribution in [1.82, 2.24) is 15.0 Å². The summed E-state index contributed by atoms with van der Waals surface area (Å²) in [6, 6.07) is 11.7. The van der Waals surface area contributed by atoms with Gasteiger partial charge in [0.2, 0.25) is 0 Å². The molecule has 1 aromatic heterocycles. The summed E-state index contributed by atoms with van der Waals surface area (Å²) in [6.07, 6.45) is 0. The quantitative estimate of drug-likeness (QED) is 0.692. The van der Waals surface area contributed by atoms with E-state index in [0.29, 0.717) is 26.6 Å². The molecule has 0 saturated heterocycles. The molecule has 0 fully saturated rings.